The van der Waals surface area contributed by atoms with E-state index in [0.29, 0.717) is 23.4 Å². The zero-order valence-corrected chi connectivity index (χ0v) is 13.2. The third-order valence-electron chi connectivity index (χ3n) is 4.73. The average Bonchev–Trinajstić information content (AvgIpc) is 2.78. The summed E-state index contributed by atoms with van der Waals surface area (Å²) in [6.07, 6.45) is 5.03. The molecule has 0 amide bonds. The van der Waals surface area contributed by atoms with E-state index in [-0.39, 0.29) is 0 Å². The molecule has 0 saturated heterocycles. The molecule has 1 saturated carbocycles. The van der Waals surface area contributed by atoms with Gasteiger partial charge in [0.25, 0.3) is 0 Å². The molecule has 0 aromatic heterocycles. The van der Waals surface area contributed by atoms with Gasteiger partial charge < -0.3 is 11.1 Å². The molecular weight excluding hydrogens is 244 g/mol. The fourth-order valence-electron chi connectivity index (χ4n) is 3.49. The Morgan fingerprint density at radius 2 is 2.00 bits per heavy atom. The van der Waals surface area contributed by atoms with Crippen molar-refractivity contribution in [2.75, 3.05) is 6.54 Å². The van der Waals surface area contributed by atoms with Crippen molar-refractivity contribution in [3.8, 4) is 0 Å². The van der Waals surface area contributed by atoms with Gasteiger partial charge in [0.2, 0.25) is 0 Å². The molecule has 0 heterocycles. The summed E-state index contributed by atoms with van der Waals surface area (Å²) in [5.41, 5.74) is 7.90. The van der Waals surface area contributed by atoms with Crippen LogP contribution >= 0.6 is 0 Å². The van der Waals surface area contributed by atoms with Gasteiger partial charge in [-0.25, -0.2) is 0 Å². The van der Waals surface area contributed by atoms with E-state index < -0.39 is 0 Å². The van der Waals surface area contributed by atoms with Crippen LogP contribution in [0.5, 0.6) is 0 Å². The summed E-state index contributed by atoms with van der Waals surface area (Å²) in [4.78, 5) is 0. The van der Waals surface area contributed by atoms with E-state index in [0.717, 1.165) is 13.0 Å². The molecule has 3 N–H and O–H groups in total. The van der Waals surface area contributed by atoms with Crippen LogP contribution in [-0.4, -0.2) is 18.6 Å². The number of hydrogen-bond donors (Lipinski definition) is 2. The molecule has 3 unspecified atom stereocenters. The maximum atomic E-state index is 5.98. The zero-order valence-electron chi connectivity index (χ0n) is 13.2. The Bertz CT molecular complexity index is 399. The fourth-order valence-corrected chi connectivity index (χ4v) is 3.49. The highest BCUT2D eigenvalue weighted by molar-refractivity contribution is 5.19. The van der Waals surface area contributed by atoms with Crippen LogP contribution in [0.3, 0.4) is 0 Å². The maximum Gasteiger partial charge on any atom is 0.0198 e. The van der Waals surface area contributed by atoms with Crippen molar-refractivity contribution in [2.45, 2.75) is 64.5 Å². The van der Waals surface area contributed by atoms with Crippen molar-refractivity contribution in [2.24, 2.45) is 11.1 Å². The summed E-state index contributed by atoms with van der Waals surface area (Å²) in [6.45, 7) is 7.78. The highest BCUT2D eigenvalue weighted by Crippen LogP contribution is 2.37. The van der Waals surface area contributed by atoms with E-state index in [1.54, 1.807) is 0 Å². The van der Waals surface area contributed by atoms with Crippen LogP contribution in [0.1, 0.15) is 57.9 Å². The van der Waals surface area contributed by atoms with Crippen molar-refractivity contribution < 1.29 is 0 Å². The minimum absolute atomic E-state index is 0.434. The van der Waals surface area contributed by atoms with Gasteiger partial charge in [-0.15, -0.1) is 0 Å². The second-order valence-electron chi connectivity index (χ2n) is 7.25. The molecule has 1 aliphatic carbocycles. The van der Waals surface area contributed by atoms with Crippen molar-refractivity contribution in [3.63, 3.8) is 0 Å². The summed E-state index contributed by atoms with van der Waals surface area (Å²) in [7, 11) is 0. The topological polar surface area (TPSA) is 38.0 Å². The van der Waals surface area contributed by atoms with Crippen molar-refractivity contribution >= 4 is 0 Å². The number of nitrogens with two attached hydrogens (primary N) is 1. The highest BCUT2D eigenvalue weighted by atomic mass is 15.0. The molecule has 2 rings (SSSR count). The molecule has 2 nitrogen and oxygen atoms in total. The van der Waals surface area contributed by atoms with Gasteiger partial charge in [-0.2, -0.15) is 0 Å². The molecule has 1 aromatic carbocycles. The molecule has 1 fully saturated rings. The van der Waals surface area contributed by atoms with Crippen LogP contribution in [0.4, 0.5) is 0 Å². The zero-order chi connectivity index (χ0) is 14.6. The molecule has 1 aromatic rings. The first-order chi connectivity index (χ1) is 9.50. The number of nitrogens with one attached hydrogen (secondary N) is 1. The molecule has 0 radical (unpaired) electrons. The van der Waals surface area contributed by atoms with Crippen molar-refractivity contribution in [1.82, 2.24) is 5.32 Å². The lowest BCUT2D eigenvalue weighted by Crippen LogP contribution is -2.42. The Kier molecular flexibility index (Phi) is 5.22. The Balaban J connectivity index is 1.86. The van der Waals surface area contributed by atoms with Crippen LogP contribution in [0.15, 0.2) is 30.3 Å². The third kappa shape index (κ3) is 4.32. The summed E-state index contributed by atoms with van der Waals surface area (Å²) in [6, 6.07) is 11.8. The highest BCUT2D eigenvalue weighted by Gasteiger charge is 2.31. The molecule has 112 valence electrons. The van der Waals surface area contributed by atoms with Crippen molar-refractivity contribution in [3.05, 3.63) is 35.9 Å². The van der Waals surface area contributed by atoms with E-state index in [9.17, 15) is 0 Å². The smallest absolute Gasteiger partial charge is 0.0198 e. The first-order valence-electron chi connectivity index (χ1n) is 8.01. The standard InChI is InChI=1S/C18H30N2/c1-14(15-7-5-4-6-8-15)11-17(13-19)20-16-9-10-18(2,3)12-16/h4-8,14,16-17,20H,9-13,19H2,1-3H3. The molecule has 2 heteroatoms. The third-order valence-corrected chi connectivity index (χ3v) is 4.73. The van der Waals surface area contributed by atoms with Gasteiger partial charge in [0.15, 0.2) is 0 Å². The van der Waals surface area contributed by atoms with E-state index in [1.807, 2.05) is 0 Å². The summed E-state index contributed by atoms with van der Waals surface area (Å²) in [5.74, 6) is 0.562. The van der Waals surface area contributed by atoms with Gasteiger partial charge in [0, 0.05) is 18.6 Å². The van der Waals surface area contributed by atoms with Crippen LogP contribution in [0.2, 0.25) is 0 Å². The maximum absolute atomic E-state index is 5.98. The van der Waals surface area contributed by atoms with Gasteiger partial charge in [-0.1, -0.05) is 51.1 Å². The van der Waals surface area contributed by atoms with Crippen LogP contribution in [0.25, 0.3) is 0 Å². The van der Waals surface area contributed by atoms with E-state index >= 15 is 0 Å². The monoisotopic (exact) mass is 274 g/mol. The lowest BCUT2D eigenvalue weighted by Gasteiger charge is -2.26. The molecule has 0 bridgehead atoms. The van der Waals surface area contributed by atoms with Gasteiger partial charge in [0.1, 0.15) is 0 Å². The molecular formula is C18H30N2. The molecule has 3 atom stereocenters. The van der Waals surface area contributed by atoms with Gasteiger partial charge in [-0.05, 0) is 42.6 Å². The van der Waals surface area contributed by atoms with Gasteiger partial charge in [-0.3, -0.25) is 0 Å². The molecule has 20 heavy (non-hydrogen) atoms. The minimum Gasteiger partial charge on any atom is -0.329 e. The normalized spacial score (nSPS) is 24.5. The predicted molar refractivity (Wildman–Crippen MR) is 86.9 cm³/mol. The molecule has 1 aliphatic rings. The van der Waals surface area contributed by atoms with E-state index in [1.165, 1.54) is 24.8 Å². The Hall–Kier alpha value is -0.860. The van der Waals surface area contributed by atoms with Crippen LogP contribution in [-0.2, 0) is 0 Å². The Morgan fingerprint density at radius 1 is 1.30 bits per heavy atom. The lowest BCUT2D eigenvalue weighted by molar-refractivity contribution is 0.343. The van der Waals surface area contributed by atoms with E-state index in [2.05, 4.69) is 56.4 Å². The summed E-state index contributed by atoms with van der Waals surface area (Å²) < 4.78 is 0. The van der Waals surface area contributed by atoms with E-state index in [4.69, 9.17) is 5.73 Å². The predicted octanol–water partition coefficient (Wildman–Crippen LogP) is 3.68. The first-order valence-corrected chi connectivity index (χ1v) is 8.01. The minimum atomic E-state index is 0.434. The van der Waals surface area contributed by atoms with Crippen LogP contribution < -0.4 is 11.1 Å². The fraction of sp³-hybridized carbons (Fsp3) is 0.667. The van der Waals surface area contributed by atoms with Crippen molar-refractivity contribution in [1.29, 1.82) is 0 Å². The largest absolute Gasteiger partial charge is 0.329 e. The Morgan fingerprint density at radius 3 is 2.55 bits per heavy atom. The quantitative estimate of drug-likeness (QED) is 0.830. The second kappa shape index (κ2) is 6.73. The van der Waals surface area contributed by atoms with Gasteiger partial charge in [0.05, 0.1) is 0 Å². The SMILES string of the molecule is CC(CC(CN)NC1CCC(C)(C)C1)c1ccccc1. The summed E-state index contributed by atoms with van der Waals surface area (Å²) in [5, 5.41) is 3.80. The Labute approximate surface area is 124 Å². The molecule has 0 spiro atoms. The van der Waals surface area contributed by atoms with Gasteiger partial charge >= 0.3 is 0 Å². The first kappa shape index (κ1) is 15.5. The lowest BCUT2D eigenvalue weighted by atomic mass is 9.91. The second-order valence-corrected chi connectivity index (χ2v) is 7.25. The van der Waals surface area contributed by atoms with Crippen LogP contribution in [0, 0.1) is 5.41 Å². The average molecular weight is 274 g/mol. The number of hydrogen-bond acceptors (Lipinski definition) is 2. The number of benzene rings is 1. The summed E-state index contributed by atoms with van der Waals surface area (Å²) >= 11 is 0. The number of rotatable bonds is 6. The molecule has 0 aliphatic heterocycles.